The van der Waals surface area contributed by atoms with Crippen LogP contribution in [0.25, 0.3) is 0 Å². The first-order chi connectivity index (χ1) is 12.7. The minimum atomic E-state index is -3.62. The lowest BCUT2D eigenvalue weighted by molar-refractivity contribution is 0.102. The van der Waals surface area contributed by atoms with Gasteiger partial charge in [-0.1, -0.05) is 13.8 Å². The number of nitrogens with zero attached hydrogens (tertiary/aromatic N) is 3. The molecule has 1 heterocycles. The van der Waals surface area contributed by atoms with Crippen molar-refractivity contribution in [1.82, 2.24) is 9.29 Å². The van der Waals surface area contributed by atoms with Crippen LogP contribution in [-0.2, 0) is 10.0 Å². The molecule has 0 saturated carbocycles. The van der Waals surface area contributed by atoms with Crippen LogP contribution in [0.15, 0.2) is 41.4 Å². The van der Waals surface area contributed by atoms with Crippen molar-refractivity contribution in [2.24, 2.45) is 0 Å². The Morgan fingerprint density at radius 3 is 2.30 bits per heavy atom. The van der Waals surface area contributed by atoms with Crippen LogP contribution in [-0.4, -0.2) is 50.8 Å². The molecular formula is C19H26N4O3S. The first-order valence-electron chi connectivity index (χ1n) is 8.76. The van der Waals surface area contributed by atoms with Gasteiger partial charge in [0.05, 0.1) is 21.8 Å². The largest absolute Gasteiger partial charge is 0.376 e. The zero-order valence-electron chi connectivity index (χ0n) is 16.4. The molecule has 7 nitrogen and oxygen atoms in total. The standard InChI is InChI=1S/C19H26N4O3S/c1-6-23(7-2)27(25,26)16-10-11-18(22(4)5)17(12-16)21-19(24)15-9-8-14(3)20-13-15/h8-13H,6-7H2,1-5H3,(H,21,24). The fourth-order valence-corrected chi connectivity index (χ4v) is 4.16. The van der Waals surface area contributed by atoms with Gasteiger partial charge >= 0.3 is 0 Å². The number of aromatic nitrogens is 1. The molecular weight excluding hydrogens is 364 g/mol. The molecule has 0 unspecified atom stereocenters. The molecule has 0 aliphatic heterocycles. The summed E-state index contributed by atoms with van der Waals surface area (Å²) in [4.78, 5) is 18.7. The van der Waals surface area contributed by atoms with Crippen molar-refractivity contribution in [3.63, 3.8) is 0 Å². The molecule has 8 heteroatoms. The average Bonchev–Trinajstić information content (AvgIpc) is 2.62. The van der Waals surface area contributed by atoms with Crippen LogP contribution in [0.5, 0.6) is 0 Å². The van der Waals surface area contributed by atoms with Crippen molar-refractivity contribution in [2.75, 3.05) is 37.4 Å². The highest BCUT2D eigenvalue weighted by Gasteiger charge is 2.23. The van der Waals surface area contributed by atoms with E-state index in [0.717, 1.165) is 5.69 Å². The topological polar surface area (TPSA) is 82.6 Å². The van der Waals surface area contributed by atoms with Gasteiger partial charge in [0.15, 0.2) is 0 Å². The number of amides is 1. The van der Waals surface area contributed by atoms with E-state index in [4.69, 9.17) is 0 Å². The van der Waals surface area contributed by atoms with Crippen molar-refractivity contribution in [1.29, 1.82) is 0 Å². The fraction of sp³-hybridized carbons (Fsp3) is 0.368. The molecule has 2 rings (SSSR count). The lowest BCUT2D eigenvalue weighted by atomic mass is 10.2. The second-order valence-electron chi connectivity index (χ2n) is 6.31. The Morgan fingerprint density at radius 2 is 1.78 bits per heavy atom. The summed E-state index contributed by atoms with van der Waals surface area (Å²) in [7, 11) is 0.0396. The molecule has 0 bridgehead atoms. The SMILES string of the molecule is CCN(CC)S(=O)(=O)c1ccc(N(C)C)c(NC(=O)c2ccc(C)nc2)c1. The number of hydrogen-bond acceptors (Lipinski definition) is 5. The highest BCUT2D eigenvalue weighted by Crippen LogP contribution is 2.29. The van der Waals surface area contributed by atoms with Crippen molar-refractivity contribution in [2.45, 2.75) is 25.7 Å². The predicted octanol–water partition coefficient (Wildman–Crippen LogP) is 2.74. The Morgan fingerprint density at radius 1 is 1.11 bits per heavy atom. The van der Waals surface area contributed by atoms with Gasteiger partial charge in [0.1, 0.15) is 0 Å². The number of nitrogens with one attached hydrogen (secondary N) is 1. The minimum Gasteiger partial charge on any atom is -0.376 e. The smallest absolute Gasteiger partial charge is 0.257 e. The van der Waals surface area contributed by atoms with Gasteiger partial charge in [-0.05, 0) is 37.3 Å². The van der Waals surface area contributed by atoms with Crippen LogP contribution in [0.1, 0.15) is 29.9 Å². The third-order valence-electron chi connectivity index (χ3n) is 4.21. The van der Waals surface area contributed by atoms with E-state index in [0.29, 0.717) is 30.0 Å². The summed E-state index contributed by atoms with van der Waals surface area (Å²) < 4.78 is 27.0. The maximum absolute atomic E-state index is 12.8. The third kappa shape index (κ3) is 4.64. The van der Waals surface area contributed by atoms with Gasteiger partial charge in [0.2, 0.25) is 10.0 Å². The van der Waals surface area contributed by atoms with Gasteiger partial charge < -0.3 is 10.2 Å². The number of hydrogen-bond donors (Lipinski definition) is 1. The zero-order chi connectivity index (χ0) is 20.2. The summed E-state index contributed by atoms with van der Waals surface area (Å²) in [6, 6.07) is 8.19. The van der Waals surface area contributed by atoms with E-state index in [1.54, 1.807) is 38.1 Å². The van der Waals surface area contributed by atoms with E-state index in [1.165, 1.54) is 16.6 Å². The van der Waals surface area contributed by atoms with Crippen molar-refractivity contribution in [3.8, 4) is 0 Å². The number of anilines is 2. The highest BCUT2D eigenvalue weighted by molar-refractivity contribution is 7.89. The molecule has 0 saturated heterocycles. The molecule has 0 aliphatic carbocycles. The first-order valence-corrected chi connectivity index (χ1v) is 10.2. The molecule has 1 N–H and O–H groups in total. The molecule has 146 valence electrons. The molecule has 27 heavy (non-hydrogen) atoms. The molecule has 1 aromatic carbocycles. The number of benzene rings is 1. The number of carbonyl (C=O) groups is 1. The van der Waals surface area contributed by atoms with Crippen LogP contribution in [0, 0.1) is 6.92 Å². The van der Waals surface area contributed by atoms with E-state index in [1.807, 2.05) is 25.9 Å². The number of sulfonamides is 1. The zero-order valence-corrected chi connectivity index (χ0v) is 17.2. The summed E-state index contributed by atoms with van der Waals surface area (Å²) in [5, 5.41) is 2.81. The van der Waals surface area contributed by atoms with Crippen molar-refractivity contribution in [3.05, 3.63) is 47.8 Å². The molecule has 1 amide bonds. The van der Waals surface area contributed by atoms with Crippen LogP contribution < -0.4 is 10.2 Å². The average molecular weight is 391 g/mol. The quantitative estimate of drug-likeness (QED) is 0.786. The van der Waals surface area contributed by atoms with Crippen molar-refractivity contribution < 1.29 is 13.2 Å². The Balaban J connectivity index is 2.44. The van der Waals surface area contributed by atoms with Crippen LogP contribution >= 0.6 is 0 Å². The Kier molecular flexibility index (Phi) is 6.56. The molecule has 0 aliphatic rings. The monoisotopic (exact) mass is 390 g/mol. The first kappa shape index (κ1) is 20.9. The van der Waals surface area contributed by atoms with Crippen molar-refractivity contribution >= 4 is 27.3 Å². The molecule has 2 aromatic rings. The molecule has 0 spiro atoms. The maximum atomic E-state index is 12.8. The summed E-state index contributed by atoms with van der Waals surface area (Å²) in [6.07, 6.45) is 1.50. The van der Waals surface area contributed by atoms with Crippen LogP contribution in [0.4, 0.5) is 11.4 Å². The highest BCUT2D eigenvalue weighted by atomic mass is 32.2. The Labute approximate surface area is 161 Å². The Hall–Kier alpha value is -2.45. The number of rotatable bonds is 7. The van der Waals surface area contributed by atoms with E-state index in [-0.39, 0.29) is 10.8 Å². The van der Waals surface area contributed by atoms with Gasteiger partial charge in [-0.15, -0.1) is 0 Å². The second kappa shape index (κ2) is 8.49. The van der Waals surface area contributed by atoms with E-state index in [9.17, 15) is 13.2 Å². The van der Waals surface area contributed by atoms with Crippen LogP contribution in [0.3, 0.4) is 0 Å². The summed E-state index contributed by atoms with van der Waals surface area (Å²) in [5.41, 5.74) is 2.36. The predicted molar refractivity (Wildman–Crippen MR) is 108 cm³/mol. The lowest BCUT2D eigenvalue weighted by Gasteiger charge is -2.22. The van der Waals surface area contributed by atoms with Gasteiger partial charge in [-0.3, -0.25) is 9.78 Å². The summed E-state index contributed by atoms with van der Waals surface area (Å²) >= 11 is 0. The summed E-state index contributed by atoms with van der Waals surface area (Å²) in [5.74, 6) is -0.344. The number of aryl methyl sites for hydroxylation is 1. The van der Waals surface area contributed by atoms with Gasteiger partial charge in [-0.25, -0.2) is 8.42 Å². The van der Waals surface area contributed by atoms with E-state index < -0.39 is 10.0 Å². The van der Waals surface area contributed by atoms with E-state index >= 15 is 0 Å². The van der Waals surface area contributed by atoms with Gasteiger partial charge in [-0.2, -0.15) is 4.31 Å². The molecule has 0 radical (unpaired) electrons. The fourth-order valence-electron chi connectivity index (χ4n) is 2.67. The maximum Gasteiger partial charge on any atom is 0.257 e. The molecule has 0 fully saturated rings. The van der Waals surface area contributed by atoms with Crippen LogP contribution in [0.2, 0.25) is 0 Å². The normalized spacial score (nSPS) is 11.5. The van der Waals surface area contributed by atoms with Gasteiger partial charge in [0, 0.05) is 39.1 Å². The number of pyridine rings is 1. The summed E-state index contributed by atoms with van der Waals surface area (Å²) in [6.45, 7) is 6.19. The van der Waals surface area contributed by atoms with E-state index in [2.05, 4.69) is 10.3 Å². The number of carbonyl (C=O) groups excluding carboxylic acids is 1. The minimum absolute atomic E-state index is 0.147. The second-order valence-corrected chi connectivity index (χ2v) is 8.24. The third-order valence-corrected chi connectivity index (χ3v) is 6.26. The lowest BCUT2D eigenvalue weighted by Crippen LogP contribution is -2.30. The van der Waals surface area contributed by atoms with Gasteiger partial charge in [0.25, 0.3) is 5.91 Å². The molecule has 1 aromatic heterocycles. The molecule has 0 atom stereocenters. The Bertz CT molecular complexity index is 905.